The van der Waals surface area contributed by atoms with E-state index in [-0.39, 0.29) is 5.82 Å². The van der Waals surface area contributed by atoms with Crippen LogP contribution >= 0.6 is 0 Å². The van der Waals surface area contributed by atoms with Crippen LogP contribution in [0, 0.1) is 12.7 Å². The van der Waals surface area contributed by atoms with Crippen molar-refractivity contribution in [3.05, 3.63) is 47.9 Å². The second-order valence-corrected chi connectivity index (χ2v) is 3.43. The third-order valence-electron chi connectivity index (χ3n) is 2.49. The van der Waals surface area contributed by atoms with Crippen LogP contribution in [0.3, 0.4) is 0 Å². The highest BCUT2D eigenvalue weighted by atomic mass is 19.1. The van der Waals surface area contributed by atoms with Crippen LogP contribution in [0.5, 0.6) is 0 Å². The predicted octanol–water partition coefficient (Wildman–Crippen LogP) is 3.14. The summed E-state index contributed by atoms with van der Waals surface area (Å²) in [7, 11) is 1.98. The van der Waals surface area contributed by atoms with Crippen molar-refractivity contribution in [3.63, 3.8) is 0 Å². The number of nitrogens with zero attached hydrogens (tertiary/aromatic N) is 1. The van der Waals surface area contributed by atoms with Crippen LogP contribution < -0.4 is 0 Å². The zero-order valence-corrected chi connectivity index (χ0v) is 8.29. The van der Waals surface area contributed by atoms with Gasteiger partial charge in [-0.3, -0.25) is 0 Å². The smallest absolute Gasteiger partial charge is 0.123 e. The molecule has 0 spiro atoms. The van der Waals surface area contributed by atoms with Gasteiger partial charge in [0.25, 0.3) is 0 Å². The maximum absolute atomic E-state index is 13.0. The van der Waals surface area contributed by atoms with E-state index in [1.54, 1.807) is 12.1 Å². The quantitative estimate of drug-likeness (QED) is 0.649. The molecule has 2 aromatic rings. The molecular weight excluding hydrogens is 177 g/mol. The molecule has 0 unspecified atom stereocenters. The molecule has 0 aliphatic carbocycles. The van der Waals surface area contributed by atoms with Gasteiger partial charge in [-0.1, -0.05) is 12.1 Å². The summed E-state index contributed by atoms with van der Waals surface area (Å²) in [6, 6.07) is 10.7. The average molecular weight is 189 g/mol. The minimum absolute atomic E-state index is 0.193. The SMILES string of the molecule is Cc1ccc(-c2cccc(F)c2)n1C. The Morgan fingerprint density at radius 3 is 2.50 bits per heavy atom. The Labute approximate surface area is 82.8 Å². The first-order valence-electron chi connectivity index (χ1n) is 4.57. The molecule has 0 saturated heterocycles. The van der Waals surface area contributed by atoms with E-state index >= 15 is 0 Å². The highest BCUT2D eigenvalue weighted by Crippen LogP contribution is 2.21. The molecule has 0 N–H and O–H groups in total. The zero-order chi connectivity index (χ0) is 10.1. The summed E-state index contributed by atoms with van der Waals surface area (Å²) >= 11 is 0. The number of hydrogen-bond donors (Lipinski definition) is 0. The second kappa shape index (κ2) is 3.29. The van der Waals surface area contributed by atoms with Gasteiger partial charge in [-0.05, 0) is 31.2 Å². The zero-order valence-electron chi connectivity index (χ0n) is 8.29. The maximum atomic E-state index is 13.0. The van der Waals surface area contributed by atoms with Crippen molar-refractivity contribution in [1.29, 1.82) is 0 Å². The van der Waals surface area contributed by atoms with Crippen LogP contribution in [0.2, 0.25) is 0 Å². The molecule has 0 radical (unpaired) electrons. The van der Waals surface area contributed by atoms with Gasteiger partial charge in [-0.15, -0.1) is 0 Å². The Morgan fingerprint density at radius 1 is 1.14 bits per heavy atom. The fraction of sp³-hybridized carbons (Fsp3) is 0.167. The van der Waals surface area contributed by atoms with Gasteiger partial charge in [-0.2, -0.15) is 0 Å². The molecule has 0 saturated carbocycles. The molecule has 0 atom stereocenters. The van der Waals surface area contributed by atoms with Crippen LogP contribution in [0.25, 0.3) is 11.3 Å². The lowest BCUT2D eigenvalue weighted by Crippen LogP contribution is -1.93. The van der Waals surface area contributed by atoms with Crippen molar-refractivity contribution >= 4 is 0 Å². The molecule has 0 bridgehead atoms. The fourth-order valence-corrected chi connectivity index (χ4v) is 1.55. The summed E-state index contributed by atoms with van der Waals surface area (Å²) in [5, 5.41) is 0. The second-order valence-electron chi connectivity index (χ2n) is 3.43. The molecule has 1 aromatic heterocycles. The first kappa shape index (κ1) is 9.00. The summed E-state index contributed by atoms with van der Waals surface area (Å²) in [5.74, 6) is -0.193. The molecule has 72 valence electrons. The summed E-state index contributed by atoms with van der Waals surface area (Å²) < 4.78 is 15.0. The van der Waals surface area contributed by atoms with E-state index in [1.807, 2.05) is 32.2 Å². The number of aryl methyl sites for hydroxylation is 1. The first-order valence-corrected chi connectivity index (χ1v) is 4.57. The number of halogens is 1. The molecule has 2 rings (SSSR count). The van der Waals surface area contributed by atoms with Crippen LogP contribution in [0.1, 0.15) is 5.69 Å². The lowest BCUT2D eigenvalue weighted by atomic mass is 10.1. The van der Waals surface area contributed by atoms with E-state index in [2.05, 4.69) is 4.57 Å². The summed E-state index contributed by atoms with van der Waals surface area (Å²) in [5.41, 5.74) is 3.13. The number of hydrogen-bond acceptors (Lipinski definition) is 0. The Morgan fingerprint density at radius 2 is 1.93 bits per heavy atom. The number of aromatic nitrogens is 1. The monoisotopic (exact) mass is 189 g/mol. The third-order valence-corrected chi connectivity index (χ3v) is 2.49. The van der Waals surface area contributed by atoms with Gasteiger partial charge in [0.2, 0.25) is 0 Å². The fourth-order valence-electron chi connectivity index (χ4n) is 1.55. The number of benzene rings is 1. The highest BCUT2D eigenvalue weighted by Gasteiger charge is 2.04. The molecule has 0 fully saturated rings. The Hall–Kier alpha value is -1.57. The van der Waals surface area contributed by atoms with E-state index in [4.69, 9.17) is 0 Å². The predicted molar refractivity (Wildman–Crippen MR) is 55.5 cm³/mol. The Balaban J connectivity index is 2.55. The molecule has 2 heteroatoms. The van der Waals surface area contributed by atoms with Crippen LogP contribution in [0.15, 0.2) is 36.4 Å². The molecule has 0 amide bonds. The molecule has 1 aromatic carbocycles. The van der Waals surface area contributed by atoms with Gasteiger partial charge in [0, 0.05) is 24.0 Å². The largest absolute Gasteiger partial charge is 0.348 e. The molecule has 1 heterocycles. The highest BCUT2D eigenvalue weighted by molar-refractivity contribution is 5.60. The summed E-state index contributed by atoms with van der Waals surface area (Å²) in [4.78, 5) is 0. The van der Waals surface area contributed by atoms with Crippen molar-refractivity contribution in [2.24, 2.45) is 7.05 Å². The molecule has 0 aliphatic rings. The maximum Gasteiger partial charge on any atom is 0.123 e. The Kier molecular flexibility index (Phi) is 2.12. The molecular formula is C12H12FN. The van der Waals surface area contributed by atoms with E-state index in [1.165, 1.54) is 11.8 Å². The van der Waals surface area contributed by atoms with Gasteiger partial charge in [0.05, 0.1) is 0 Å². The molecule has 0 aliphatic heterocycles. The topological polar surface area (TPSA) is 4.93 Å². The van der Waals surface area contributed by atoms with E-state index in [9.17, 15) is 4.39 Å². The lowest BCUT2D eigenvalue weighted by Gasteiger charge is -2.04. The third kappa shape index (κ3) is 1.43. The normalized spacial score (nSPS) is 10.5. The van der Waals surface area contributed by atoms with Crippen LogP contribution in [-0.4, -0.2) is 4.57 Å². The van der Waals surface area contributed by atoms with Crippen LogP contribution in [0.4, 0.5) is 4.39 Å². The molecule has 14 heavy (non-hydrogen) atoms. The van der Waals surface area contributed by atoms with Crippen molar-refractivity contribution in [1.82, 2.24) is 4.57 Å². The standard InChI is InChI=1S/C12H12FN/c1-9-6-7-12(14(9)2)10-4-3-5-11(13)8-10/h3-8H,1-2H3. The van der Waals surface area contributed by atoms with Crippen LogP contribution in [-0.2, 0) is 7.05 Å². The first-order chi connectivity index (χ1) is 6.68. The minimum Gasteiger partial charge on any atom is -0.348 e. The van der Waals surface area contributed by atoms with Crippen molar-refractivity contribution in [3.8, 4) is 11.3 Å². The van der Waals surface area contributed by atoms with Gasteiger partial charge in [0.1, 0.15) is 5.82 Å². The van der Waals surface area contributed by atoms with E-state index < -0.39 is 0 Å². The average Bonchev–Trinajstić information content (AvgIpc) is 2.48. The van der Waals surface area contributed by atoms with E-state index in [0.29, 0.717) is 0 Å². The van der Waals surface area contributed by atoms with Gasteiger partial charge in [0.15, 0.2) is 0 Å². The van der Waals surface area contributed by atoms with Gasteiger partial charge >= 0.3 is 0 Å². The lowest BCUT2D eigenvalue weighted by molar-refractivity contribution is 0.628. The van der Waals surface area contributed by atoms with Gasteiger partial charge in [-0.25, -0.2) is 4.39 Å². The minimum atomic E-state index is -0.193. The van der Waals surface area contributed by atoms with Crippen molar-refractivity contribution in [2.45, 2.75) is 6.92 Å². The number of rotatable bonds is 1. The van der Waals surface area contributed by atoms with Gasteiger partial charge < -0.3 is 4.57 Å². The van der Waals surface area contributed by atoms with Crippen molar-refractivity contribution in [2.75, 3.05) is 0 Å². The summed E-state index contributed by atoms with van der Waals surface area (Å²) in [6.45, 7) is 2.03. The van der Waals surface area contributed by atoms with Crippen molar-refractivity contribution < 1.29 is 4.39 Å². The van der Waals surface area contributed by atoms with E-state index in [0.717, 1.165) is 11.3 Å². The summed E-state index contributed by atoms with van der Waals surface area (Å²) in [6.07, 6.45) is 0. The molecule has 1 nitrogen and oxygen atoms in total. The Bertz CT molecular complexity index is 457.